The highest BCUT2D eigenvalue weighted by Gasteiger charge is 2.35. The third kappa shape index (κ3) is 3.22. The van der Waals surface area contributed by atoms with Crippen molar-refractivity contribution in [2.45, 2.75) is 5.92 Å². The smallest absolute Gasteiger partial charge is 0.253 e. The number of hydrogen-bond acceptors (Lipinski definition) is 3. The van der Waals surface area contributed by atoms with Gasteiger partial charge in [-0.25, -0.2) is 0 Å². The summed E-state index contributed by atoms with van der Waals surface area (Å²) < 4.78 is 5.14. The quantitative estimate of drug-likeness (QED) is 0.944. The molecule has 0 bridgehead atoms. The number of carbonyl (C=O) groups is 1. The molecule has 1 aliphatic heterocycles. The summed E-state index contributed by atoms with van der Waals surface area (Å²) in [5.74, 6) is 1.43. The zero-order valence-corrected chi connectivity index (χ0v) is 13.3. The van der Waals surface area contributed by atoms with E-state index in [0.717, 1.165) is 12.3 Å². The molecule has 23 heavy (non-hydrogen) atoms. The van der Waals surface area contributed by atoms with Gasteiger partial charge < -0.3 is 15.4 Å². The number of nitrogens with two attached hydrogens (primary N) is 1. The van der Waals surface area contributed by atoms with Crippen molar-refractivity contribution < 1.29 is 9.53 Å². The molecule has 2 aromatic rings. The highest BCUT2D eigenvalue weighted by molar-refractivity contribution is 5.94. The average Bonchev–Trinajstić information content (AvgIpc) is 3.06. The average molecular weight is 310 g/mol. The fourth-order valence-corrected chi connectivity index (χ4v) is 3.27. The number of amides is 1. The van der Waals surface area contributed by atoms with Gasteiger partial charge >= 0.3 is 0 Å². The van der Waals surface area contributed by atoms with Gasteiger partial charge in [-0.3, -0.25) is 4.79 Å². The molecule has 1 heterocycles. The first-order valence-corrected chi connectivity index (χ1v) is 7.91. The lowest BCUT2D eigenvalue weighted by molar-refractivity contribution is 0.0786. The second kappa shape index (κ2) is 6.84. The Morgan fingerprint density at radius 2 is 1.83 bits per heavy atom. The minimum absolute atomic E-state index is 0.0598. The van der Waals surface area contributed by atoms with Crippen molar-refractivity contribution in [2.24, 2.45) is 11.7 Å². The van der Waals surface area contributed by atoms with E-state index < -0.39 is 0 Å². The Morgan fingerprint density at radius 1 is 1.13 bits per heavy atom. The molecule has 1 saturated heterocycles. The lowest BCUT2D eigenvalue weighted by Crippen LogP contribution is -2.29. The van der Waals surface area contributed by atoms with E-state index in [2.05, 4.69) is 12.1 Å². The molecule has 1 amide bonds. The molecular formula is C19H22N2O2. The number of ether oxygens (including phenoxy) is 1. The molecule has 1 aliphatic rings. The maximum absolute atomic E-state index is 12.7. The summed E-state index contributed by atoms with van der Waals surface area (Å²) in [5.41, 5.74) is 7.89. The summed E-state index contributed by atoms with van der Waals surface area (Å²) in [6, 6.07) is 17.6. The van der Waals surface area contributed by atoms with Crippen molar-refractivity contribution in [3.8, 4) is 5.75 Å². The Hall–Kier alpha value is -2.33. The highest BCUT2D eigenvalue weighted by Crippen LogP contribution is 2.32. The largest absolute Gasteiger partial charge is 0.497 e. The molecule has 0 saturated carbocycles. The molecule has 0 aliphatic carbocycles. The summed E-state index contributed by atoms with van der Waals surface area (Å²) in [7, 11) is 1.62. The van der Waals surface area contributed by atoms with Crippen molar-refractivity contribution in [2.75, 3.05) is 26.7 Å². The van der Waals surface area contributed by atoms with Crippen LogP contribution in [0.3, 0.4) is 0 Å². The van der Waals surface area contributed by atoms with Gasteiger partial charge in [0.1, 0.15) is 5.75 Å². The fraction of sp³-hybridized carbons (Fsp3) is 0.316. The van der Waals surface area contributed by atoms with Crippen molar-refractivity contribution in [1.82, 2.24) is 4.90 Å². The summed E-state index contributed by atoms with van der Waals surface area (Å²) in [5, 5.41) is 0. The first-order chi connectivity index (χ1) is 11.2. The van der Waals surface area contributed by atoms with E-state index in [1.165, 1.54) is 5.56 Å². The van der Waals surface area contributed by atoms with Gasteiger partial charge in [0, 0.05) is 24.6 Å². The Balaban J connectivity index is 1.77. The first kappa shape index (κ1) is 15.6. The predicted octanol–water partition coefficient (Wildman–Crippen LogP) is 2.51. The van der Waals surface area contributed by atoms with E-state index in [9.17, 15) is 4.79 Å². The van der Waals surface area contributed by atoms with Crippen LogP contribution in [0, 0.1) is 5.92 Å². The summed E-state index contributed by atoms with van der Waals surface area (Å²) in [4.78, 5) is 14.6. The van der Waals surface area contributed by atoms with Crippen LogP contribution < -0.4 is 10.5 Å². The maximum Gasteiger partial charge on any atom is 0.253 e. The summed E-state index contributed by atoms with van der Waals surface area (Å²) in [6.45, 7) is 2.02. The van der Waals surface area contributed by atoms with Crippen LogP contribution >= 0.6 is 0 Å². The third-order valence-corrected chi connectivity index (χ3v) is 4.60. The van der Waals surface area contributed by atoms with Gasteiger partial charge in [0.2, 0.25) is 0 Å². The Bertz CT molecular complexity index is 655. The van der Waals surface area contributed by atoms with Crippen LogP contribution in [0.1, 0.15) is 21.8 Å². The van der Waals surface area contributed by atoms with Crippen molar-refractivity contribution in [3.05, 3.63) is 65.7 Å². The predicted molar refractivity (Wildman–Crippen MR) is 90.6 cm³/mol. The van der Waals surface area contributed by atoms with E-state index >= 15 is 0 Å². The number of rotatable bonds is 4. The molecule has 0 aromatic heterocycles. The second-order valence-electron chi connectivity index (χ2n) is 5.95. The standard InChI is InChI=1S/C19H22N2O2/c1-23-17-9-7-15(8-10-17)19(22)21-12-16(11-20)18(13-21)14-5-3-2-4-6-14/h2-10,16,18H,11-13,20H2,1H3/t16-,18+/m1/s1. The number of carbonyl (C=O) groups excluding carboxylic acids is 1. The minimum Gasteiger partial charge on any atom is -0.497 e. The molecule has 2 atom stereocenters. The molecular weight excluding hydrogens is 288 g/mol. The van der Waals surface area contributed by atoms with Gasteiger partial charge in [-0.2, -0.15) is 0 Å². The number of methoxy groups -OCH3 is 1. The SMILES string of the molecule is COc1ccc(C(=O)N2C[C@@H](CN)[C@H](c3ccccc3)C2)cc1. The van der Waals surface area contributed by atoms with Gasteiger partial charge in [0.05, 0.1) is 7.11 Å². The molecule has 0 unspecified atom stereocenters. The second-order valence-corrected chi connectivity index (χ2v) is 5.95. The topological polar surface area (TPSA) is 55.6 Å². The summed E-state index contributed by atoms with van der Waals surface area (Å²) >= 11 is 0. The highest BCUT2D eigenvalue weighted by atomic mass is 16.5. The van der Waals surface area contributed by atoms with Crippen molar-refractivity contribution >= 4 is 5.91 Å². The molecule has 2 aromatic carbocycles. The number of nitrogens with zero attached hydrogens (tertiary/aromatic N) is 1. The Labute approximate surface area is 136 Å². The monoisotopic (exact) mass is 310 g/mol. The van der Waals surface area contributed by atoms with Gasteiger partial charge in [-0.1, -0.05) is 30.3 Å². The Kier molecular flexibility index (Phi) is 4.63. The first-order valence-electron chi connectivity index (χ1n) is 7.91. The van der Waals surface area contributed by atoms with E-state index in [1.807, 2.05) is 47.4 Å². The van der Waals surface area contributed by atoms with Crippen LogP contribution in [0.2, 0.25) is 0 Å². The van der Waals surface area contributed by atoms with Crippen molar-refractivity contribution in [1.29, 1.82) is 0 Å². The van der Waals surface area contributed by atoms with Crippen LogP contribution in [0.5, 0.6) is 5.75 Å². The van der Waals surface area contributed by atoms with Gasteiger partial charge in [0.15, 0.2) is 0 Å². The summed E-state index contributed by atoms with van der Waals surface area (Å²) in [6.07, 6.45) is 0. The number of benzene rings is 2. The van der Waals surface area contributed by atoms with Crippen LogP contribution in [-0.2, 0) is 0 Å². The van der Waals surface area contributed by atoms with E-state index in [1.54, 1.807) is 7.11 Å². The molecule has 1 fully saturated rings. The van der Waals surface area contributed by atoms with Crippen molar-refractivity contribution in [3.63, 3.8) is 0 Å². The van der Waals surface area contributed by atoms with Gasteiger partial charge in [-0.05, 0) is 42.3 Å². The zero-order chi connectivity index (χ0) is 16.2. The van der Waals surface area contributed by atoms with E-state index in [4.69, 9.17) is 10.5 Å². The van der Waals surface area contributed by atoms with E-state index in [-0.39, 0.29) is 5.91 Å². The van der Waals surface area contributed by atoms with Gasteiger partial charge in [-0.15, -0.1) is 0 Å². The van der Waals surface area contributed by atoms with Crippen LogP contribution in [0.25, 0.3) is 0 Å². The molecule has 0 radical (unpaired) electrons. The lowest BCUT2D eigenvalue weighted by Gasteiger charge is -2.17. The lowest BCUT2D eigenvalue weighted by atomic mass is 9.89. The van der Waals surface area contributed by atoms with Gasteiger partial charge in [0.25, 0.3) is 5.91 Å². The van der Waals surface area contributed by atoms with Crippen LogP contribution in [-0.4, -0.2) is 37.6 Å². The molecule has 4 heteroatoms. The maximum atomic E-state index is 12.7. The molecule has 0 spiro atoms. The fourth-order valence-electron chi connectivity index (χ4n) is 3.27. The number of likely N-dealkylation sites (tertiary alicyclic amines) is 1. The van der Waals surface area contributed by atoms with E-state index in [0.29, 0.717) is 30.5 Å². The third-order valence-electron chi connectivity index (χ3n) is 4.60. The molecule has 4 nitrogen and oxygen atoms in total. The minimum atomic E-state index is 0.0598. The molecule has 120 valence electrons. The van der Waals surface area contributed by atoms with Crippen LogP contribution in [0.4, 0.5) is 0 Å². The molecule has 3 rings (SSSR count). The zero-order valence-electron chi connectivity index (χ0n) is 13.3. The normalized spacial score (nSPS) is 20.5. The van der Waals surface area contributed by atoms with Crippen LogP contribution in [0.15, 0.2) is 54.6 Å². The number of hydrogen-bond donors (Lipinski definition) is 1. The molecule has 2 N–H and O–H groups in total. The Morgan fingerprint density at radius 3 is 2.43 bits per heavy atom.